The highest BCUT2D eigenvalue weighted by Gasteiger charge is 2.12. The van der Waals surface area contributed by atoms with Gasteiger partial charge in [-0.25, -0.2) is 0 Å². The Kier molecular flexibility index (Phi) is 2.63. The summed E-state index contributed by atoms with van der Waals surface area (Å²) in [7, 11) is 0. The van der Waals surface area contributed by atoms with Crippen molar-refractivity contribution in [1.29, 1.82) is 0 Å². The van der Waals surface area contributed by atoms with Gasteiger partial charge in [0.15, 0.2) is 0 Å². The Bertz CT molecular complexity index is 807. The van der Waals surface area contributed by atoms with E-state index in [-0.39, 0.29) is 0 Å². The quantitative estimate of drug-likeness (QED) is 0.458. The lowest BCUT2D eigenvalue weighted by Crippen LogP contribution is -1.95. The minimum atomic E-state index is 1.38. The lowest BCUT2D eigenvalue weighted by Gasteiger charge is -2.17. The molecule has 0 aliphatic heterocycles. The van der Waals surface area contributed by atoms with Crippen molar-refractivity contribution < 1.29 is 0 Å². The summed E-state index contributed by atoms with van der Waals surface area (Å²) in [6.45, 7) is 11.2. The van der Waals surface area contributed by atoms with Crippen molar-refractivity contribution in [3.05, 3.63) is 58.1 Å². The Labute approximate surface area is 115 Å². The molecule has 0 fully saturated rings. The fourth-order valence-corrected chi connectivity index (χ4v) is 3.21. The second kappa shape index (κ2) is 4.09. The van der Waals surface area contributed by atoms with E-state index >= 15 is 0 Å². The highest BCUT2D eigenvalue weighted by atomic mass is 14.2. The smallest absolute Gasteiger partial charge is 0.00970 e. The van der Waals surface area contributed by atoms with Gasteiger partial charge in [-0.3, -0.25) is 0 Å². The summed E-state index contributed by atoms with van der Waals surface area (Å²) >= 11 is 0. The van der Waals surface area contributed by atoms with E-state index in [1.807, 2.05) is 0 Å². The zero-order valence-electron chi connectivity index (χ0n) is 12.4. The number of aryl methyl sites for hydroxylation is 4. The van der Waals surface area contributed by atoms with Crippen LogP contribution >= 0.6 is 0 Å². The molecular weight excluding hydrogens is 228 g/mol. The molecule has 0 heteroatoms. The van der Waals surface area contributed by atoms with Crippen LogP contribution in [0.1, 0.15) is 27.8 Å². The third kappa shape index (κ3) is 1.59. The van der Waals surface area contributed by atoms with Gasteiger partial charge in [0, 0.05) is 0 Å². The molecule has 96 valence electrons. The van der Waals surface area contributed by atoms with E-state index in [9.17, 15) is 0 Å². The molecule has 0 spiro atoms. The zero-order valence-corrected chi connectivity index (χ0v) is 12.4. The SMILES string of the molecule is Cc1cc2c(c(C)c1C)c(C)c(C)c1ccccc12. The maximum Gasteiger partial charge on any atom is -0.00970 e. The number of hydrogen-bond donors (Lipinski definition) is 0. The first-order valence-electron chi connectivity index (χ1n) is 6.90. The molecule has 0 unspecified atom stereocenters. The first-order chi connectivity index (χ1) is 9.02. The van der Waals surface area contributed by atoms with Crippen LogP contribution in [0.15, 0.2) is 30.3 Å². The highest BCUT2D eigenvalue weighted by molar-refractivity contribution is 6.12. The molecule has 3 rings (SSSR count). The van der Waals surface area contributed by atoms with Crippen LogP contribution in [-0.2, 0) is 0 Å². The number of fused-ring (bicyclic) bond motifs is 3. The first-order valence-corrected chi connectivity index (χ1v) is 6.90. The van der Waals surface area contributed by atoms with Gasteiger partial charge in [-0.05, 0) is 84.0 Å². The van der Waals surface area contributed by atoms with Crippen molar-refractivity contribution in [2.24, 2.45) is 0 Å². The second-order valence-corrected chi connectivity index (χ2v) is 5.66. The van der Waals surface area contributed by atoms with Gasteiger partial charge < -0.3 is 0 Å². The summed E-state index contributed by atoms with van der Waals surface area (Å²) in [4.78, 5) is 0. The van der Waals surface area contributed by atoms with Gasteiger partial charge in [-0.15, -0.1) is 0 Å². The Morgan fingerprint density at radius 1 is 0.579 bits per heavy atom. The van der Waals surface area contributed by atoms with Crippen molar-refractivity contribution in [3.63, 3.8) is 0 Å². The second-order valence-electron chi connectivity index (χ2n) is 5.66. The molecule has 0 aromatic heterocycles. The standard InChI is InChI=1S/C19H20/c1-11-10-18-17-9-7-6-8-16(17)13(3)15(5)19(18)14(4)12(11)2/h6-10H,1-5H3. The summed E-state index contributed by atoms with van der Waals surface area (Å²) in [6.07, 6.45) is 0. The molecule has 0 atom stereocenters. The van der Waals surface area contributed by atoms with E-state index in [1.54, 1.807) is 0 Å². The third-order valence-electron chi connectivity index (χ3n) is 4.72. The van der Waals surface area contributed by atoms with Gasteiger partial charge in [0.05, 0.1) is 0 Å². The molecule has 0 heterocycles. The Balaban J connectivity index is 2.70. The fourth-order valence-electron chi connectivity index (χ4n) is 3.21. The van der Waals surface area contributed by atoms with E-state index in [2.05, 4.69) is 65.0 Å². The van der Waals surface area contributed by atoms with Crippen molar-refractivity contribution in [2.45, 2.75) is 34.6 Å². The lowest BCUT2D eigenvalue weighted by atomic mass is 9.87. The molecule has 0 N–H and O–H groups in total. The summed E-state index contributed by atoms with van der Waals surface area (Å²) in [5, 5.41) is 5.61. The van der Waals surface area contributed by atoms with Crippen LogP contribution in [0, 0.1) is 34.6 Å². The number of rotatable bonds is 0. The van der Waals surface area contributed by atoms with E-state index in [0.717, 1.165) is 0 Å². The van der Waals surface area contributed by atoms with Gasteiger partial charge in [0.2, 0.25) is 0 Å². The molecule has 19 heavy (non-hydrogen) atoms. The van der Waals surface area contributed by atoms with Crippen LogP contribution in [0.25, 0.3) is 21.5 Å². The minimum absolute atomic E-state index is 1.38. The Hall–Kier alpha value is -1.82. The highest BCUT2D eigenvalue weighted by Crippen LogP contribution is 2.36. The van der Waals surface area contributed by atoms with E-state index < -0.39 is 0 Å². The molecule has 0 amide bonds. The van der Waals surface area contributed by atoms with Crippen LogP contribution in [0.5, 0.6) is 0 Å². The predicted molar refractivity (Wildman–Crippen MR) is 85.1 cm³/mol. The third-order valence-corrected chi connectivity index (χ3v) is 4.72. The van der Waals surface area contributed by atoms with E-state index in [0.29, 0.717) is 0 Å². The molecule has 3 aromatic rings. The average molecular weight is 248 g/mol. The number of benzene rings is 3. The zero-order chi connectivity index (χ0) is 13.7. The van der Waals surface area contributed by atoms with Gasteiger partial charge >= 0.3 is 0 Å². The maximum absolute atomic E-state index is 2.35. The molecule has 0 nitrogen and oxygen atoms in total. The first kappa shape index (κ1) is 12.2. The van der Waals surface area contributed by atoms with Crippen LogP contribution < -0.4 is 0 Å². The topological polar surface area (TPSA) is 0 Å². The molecule has 0 aliphatic carbocycles. The monoisotopic (exact) mass is 248 g/mol. The van der Waals surface area contributed by atoms with Crippen molar-refractivity contribution in [1.82, 2.24) is 0 Å². The van der Waals surface area contributed by atoms with Crippen molar-refractivity contribution >= 4 is 21.5 Å². The van der Waals surface area contributed by atoms with Crippen molar-refractivity contribution in [2.75, 3.05) is 0 Å². The van der Waals surface area contributed by atoms with Crippen LogP contribution in [0.2, 0.25) is 0 Å². The molecule has 3 aromatic carbocycles. The normalized spacial score (nSPS) is 11.4. The molecule has 0 saturated carbocycles. The lowest BCUT2D eigenvalue weighted by molar-refractivity contribution is 1.28. The Morgan fingerprint density at radius 3 is 1.84 bits per heavy atom. The molecule has 0 radical (unpaired) electrons. The van der Waals surface area contributed by atoms with E-state index in [4.69, 9.17) is 0 Å². The van der Waals surface area contributed by atoms with Gasteiger partial charge in [-0.2, -0.15) is 0 Å². The Morgan fingerprint density at radius 2 is 1.16 bits per heavy atom. The average Bonchev–Trinajstić information content (AvgIpc) is 2.42. The molecular formula is C19H20. The largest absolute Gasteiger partial charge is 0.0616 e. The summed E-state index contributed by atoms with van der Waals surface area (Å²) in [5.41, 5.74) is 7.08. The molecule has 0 bridgehead atoms. The minimum Gasteiger partial charge on any atom is -0.0616 e. The fraction of sp³-hybridized carbons (Fsp3) is 0.263. The maximum atomic E-state index is 2.35. The number of hydrogen-bond acceptors (Lipinski definition) is 0. The van der Waals surface area contributed by atoms with Crippen molar-refractivity contribution in [3.8, 4) is 0 Å². The van der Waals surface area contributed by atoms with Crippen LogP contribution in [0.3, 0.4) is 0 Å². The summed E-state index contributed by atoms with van der Waals surface area (Å²) < 4.78 is 0. The van der Waals surface area contributed by atoms with Crippen LogP contribution in [-0.4, -0.2) is 0 Å². The molecule has 0 saturated heterocycles. The molecule has 0 aliphatic rings. The summed E-state index contributed by atoms with van der Waals surface area (Å²) in [6, 6.07) is 11.1. The van der Waals surface area contributed by atoms with Gasteiger partial charge in [0.25, 0.3) is 0 Å². The summed E-state index contributed by atoms with van der Waals surface area (Å²) in [5.74, 6) is 0. The van der Waals surface area contributed by atoms with Crippen LogP contribution in [0.4, 0.5) is 0 Å². The van der Waals surface area contributed by atoms with Gasteiger partial charge in [-0.1, -0.05) is 30.3 Å². The van der Waals surface area contributed by atoms with Gasteiger partial charge in [0.1, 0.15) is 0 Å². The predicted octanol–water partition coefficient (Wildman–Crippen LogP) is 5.54. The van der Waals surface area contributed by atoms with E-state index in [1.165, 1.54) is 49.4 Å².